The highest BCUT2D eigenvalue weighted by Crippen LogP contribution is 2.27. The molecule has 7 heteroatoms. The largest absolute Gasteiger partial charge is 0.406 e. The third-order valence-electron chi connectivity index (χ3n) is 1.11. The number of ether oxygens (including phenoxy) is 1. The summed E-state index contributed by atoms with van der Waals surface area (Å²) in [7, 11) is 0. The van der Waals surface area contributed by atoms with E-state index < -0.39 is 15.4 Å². The third kappa shape index (κ3) is 5.69. The molecule has 0 saturated heterocycles. The molecule has 4 nitrogen and oxygen atoms in total. The Labute approximate surface area is 92.9 Å². The van der Waals surface area contributed by atoms with Gasteiger partial charge in [-0.1, -0.05) is 6.92 Å². The monoisotopic (exact) mass is 244 g/mol. The van der Waals surface area contributed by atoms with Gasteiger partial charge in [0.2, 0.25) is 0 Å². The summed E-state index contributed by atoms with van der Waals surface area (Å²) in [6, 6.07) is 0. The molecular weight excluding hydrogens is 232 g/mol. The molecule has 0 aliphatic heterocycles. The molecule has 0 aromatic heterocycles. The van der Waals surface area contributed by atoms with E-state index in [1.54, 1.807) is 6.92 Å². The summed E-state index contributed by atoms with van der Waals surface area (Å²) < 4.78 is 2.65. The Balaban J connectivity index is 4.20. The van der Waals surface area contributed by atoms with E-state index in [0.29, 0.717) is 6.42 Å². The molecular formula is C6H12O4S3. The van der Waals surface area contributed by atoms with Crippen LogP contribution in [0.25, 0.3) is 0 Å². The van der Waals surface area contributed by atoms with Crippen LogP contribution in [-0.2, 0) is 9.53 Å². The summed E-state index contributed by atoms with van der Waals surface area (Å²) in [6.45, 7) is 1.71. The maximum absolute atomic E-state index is 11.0. The number of hydrogen-bond acceptors (Lipinski definition) is 7. The summed E-state index contributed by atoms with van der Waals surface area (Å²) >= 11 is 11.0. The van der Waals surface area contributed by atoms with Crippen LogP contribution in [-0.4, -0.2) is 25.6 Å². The van der Waals surface area contributed by atoms with Crippen molar-refractivity contribution in [3.05, 3.63) is 0 Å². The summed E-state index contributed by atoms with van der Waals surface area (Å²) in [5.41, 5.74) is 0. The lowest BCUT2D eigenvalue weighted by atomic mass is 10.3. The van der Waals surface area contributed by atoms with E-state index in [9.17, 15) is 4.79 Å². The highest BCUT2D eigenvalue weighted by molar-refractivity contribution is 8.18. The lowest BCUT2D eigenvalue weighted by molar-refractivity contribution is -0.321. The molecule has 0 bridgehead atoms. The average molecular weight is 244 g/mol. The fourth-order valence-electron chi connectivity index (χ4n) is 0.594. The van der Waals surface area contributed by atoms with Gasteiger partial charge in [-0.2, -0.15) is 0 Å². The Hall–Kier alpha value is 0.440. The molecule has 0 aliphatic carbocycles. The van der Waals surface area contributed by atoms with Gasteiger partial charge in [-0.05, 0) is 6.42 Å². The van der Waals surface area contributed by atoms with Crippen LogP contribution >= 0.6 is 37.9 Å². The van der Waals surface area contributed by atoms with Gasteiger partial charge in [0.25, 0.3) is 0 Å². The quantitative estimate of drug-likeness (QED) is 0.282. The Kier molecular flexibility index (Phi) is 4.95. The summed E-state index contributed by atoms with van der Waals surface area (Å²) in [6.07, 6.45) is 0.378. The van der Waals surface area contributed by atoms with E-state index in [4.69, 9.17) is 10.2 Å². The van der Waals surface area contributed by atoms with Gasteiger partial charge in [0.1, 0.15) is 0 Å². The van der Waals surface area contributed by atoms with Crippen molar-refractivity contribution in [1.29, 1.82) is 0 Å². The number of carbonyl (C=O) groups excluding carboxylic acids is 1. The normalized spacial score (nSPS) is 12.8. The fraction of sp³-hybridized carbons (Fsp3) is 0.833. The molecule has 0 rings (SSSR count). The van der Waals surface area contributed by atoms with Gasteiger partial charge in [-0.15, -0.1) is 37.9 Å². The highest BCUT2D eigenvalue weighted by atomic mass is 32.2. The standard InChI is InChI=1S/C6H12O4S3/c1-2-3-5(8,9)10-4(7)6(11,12)13/h8-9,11-13H,2-3H2,1H3. The van der Waals surface area contributed by atoms with Crippen molar-refractivity contribution in [2.24, 2.45) is 0 Å². The summed E-state index contributed by atoms with van der Waals surface area (Å²) in [4.78, 5) is 11.0. The number of aliphatic hydroxyl groups is 2. The zero-order valence-electron chi connectivity index (χ0n) is 6.97. The first-order valence-electron chi connectivity index (χ1n) is 3.54. The minimum absolute atomic E-state index is 0.0792. The van der Waals surface area contributed by atoms with Crippen molar-refractivity contribution in [1.82, 2.24) is 0 Å². The van der Waals surface area contributed by atoms with Crippen LogP contribution in [0.4, 0.5) is 0 Å². The number of esters is 1. The molecule has 0 fully saturated rings. The van der Waals surface area contributed by atoms with E-state index in [0.717, 1.165) is 0 Å². The molecule has 0 aliphatic rings. The molecule has 0 radical (unpaired) electrons. The van der Waals surface area contributed by atoms with E-state index >= 15 is 0 Å². The van der Waals surface area contributed by atoms with Gasteiger partial charge in [0.15, 0.2) is 3.41 Å². The number of rotatable bonds is 4. The van der Waals surface area contributed by atoms with E-state index in [-0.39, 0.29) is 6.42 Å². The van der Waals surface area contributed by atoms with Crippen LogP contribution < -0.4 is 0 Å². The number of hydrogen-bond donors (Lipinski definition) is 5. The Morgan fingerprint density at radius 3 is 2.15 bits per heavy atom. The molecule has 0 aromatic rings. The van der Waals surface area contributed by atoms with E-state index in [1.165, 1.54) is 0 Å². The third-order valence-corrected chi connectivity index (χ3v) is 1.65. The Morgan fingerprint density at radius 1 is 1.38 bits per heavy atom. The first kappa shape index (κ1) is 13.4. The molecule has 0 aromatic carbocycles. The van der Waals surface area contributed by atoms with Gasteiger partial charge in [-0.25, -0.2) is 4.79 Å². The molecule has 2 N–H and O–H groups in total. The molecule has 0 amide bonds. The zero-order valence-corrected chi connectivity index (χ0v) is 9.65. The summed E-state index contributed by atoms with van der Waals surface area (Å²) in [5.74, 6) is -3.49. The predicted molar refractivity (Wildman–Crippen MR) is 57.9 cm³/mol. The molecule has 78 valence electrons. The minimum atomic E-state index is -2.47. The van der Waals surface area contributed by atoms with Crippen LogP contribution in [0.3, 0.4) is 0 Å². The van der Waals surface area contributed by atoms with Crippen LogP contribution in [0.5, 0.6) is 0 Å². The van der Waals surface area contributed by atoms with Crippen LogP contribution in [0.15, 0.2) is 0 Å². The van der Waals surface area contributed by atoms with Crippen molar-refractivity contribution >= 4 is 43.9 Å². The zero-order chi connectivity index (χ0) is 10.7. The van der Waals surface area contributed by atoms with Crippen molar-refractivity contribution in [3.8, 4) is 0 Å². The molecule has 0 unspecified atom stereocenters. The van der Waals surface area contributed by atoms with Crippen LogP contribution in [0.1, 0.15) is 19.8 Å². The molecule has 0 atom stereocenters. The second kappa shape index (κ2) is 4.79. The molecule has 0 spiro atoms. The molecule has 0 heterocycles. The minimum Gasteiger partial charge on any atom is -0.406 e. The van der Waals surface area contributed by atoms with Crippen molar-refractivity contribution in [2.45, 2.75) is 29.1 Å². The van der Waals surface area contributed by atoms with Gasteiger partial charge in [0.05, 0.1) is 0 Å². The van der Waals surface area contributed by atoms with Crippen LogP contribution in [0, 0.1) is 0 Å². The second-order valence-electron chi connectivity index (χ2n) is 2.52. The number of carbonyl (C=O) groups is 1. The number of thiol groups is 3. The Bertz CT molecular complexity index is 187. The average Bonchev–Trinajstić information content (AvgIpc) is 1.83. The topological polar surface area (TPSA) is 66.8 Å². The van der Waals surface area contributed by atoms with Gasteiger partial charge >= 0.3 is 11.9 Å². The van der Waals surface area contributed by atoms with Crippen LogP contribution in [0.2, 0.25) is 0 Å². The smallest absolute Gasteiger partial charge is 0.346 e. The van der Waals surface area contributed by atoms with Gasteiger partial charge in [0, 0.05) is 6.42 Å². The molecule has 0 saturated carbocycles. The lowest BCUT2D eigenvalue weighted by Gasteiger charge is -2.24. The summed E-state index contributed by atoms with van der Waals surface area (Å²) in [5, 5.41) is 18.1. The van der Waals surface area contributed by atoms with E-state index in [1.807, 2.05) is 0 Å². The maximum atomic E-state index is 11.0. The lowest BCUT2D eigenvalue weighted by Crippen LogP contribution is -2.38. The van der Waals surface area contributed by atoms with Crippen molar-refractivity contribution in [2.75, 3.05) is 0 Å². The highest BCUT2D eigenvalue weighted by Gasteiger charge is 2.35. The SMILES string of the molecule is CCCC(O)(O)OC(=O)C(S)(S)S. The maximum Gasteiger partial charge on any atom is 0.346 e. The van der Waals surface area contributed by atoms with Crippen molar-refractivity contribution in [3.63, 3.8) is 0 Å². The van der Waals surface area contributed by atoms with E-state index in [2.05, 4.69) is 42.6 Å². The first-order valence-corrected chi connectivity index (χ1v) is 4.88. The predicted octanol–water partition coefficient (Wildman–Crippen LogP) is 0.411. The first-order chi connectivity index (χ1) is 5.69. The fourth-order valence-corrected chi connectivity index (χ4v) is 0.731. The molecule has 13 heavy (non-hydrogen) atoms. The Morgan fingerprint density at radius 2 is 1.85 bits per heavy atom. The van der Waals surface area contributed by atoms with Gasteiger partial charge < -0.3 is 14.9 Å². The second-order valence-corrected chi connectivity index (χ2v) is 5.59. The van der Waals surface area contributed by atoms with Gasteiger partial charge in [-0.3, -0.25) is 0 Å². The van der Waals surface area contributed by atoms with Crippen molar-refractivity contribution < 1.29 is 19.7 Å².